The summed E-state index contributed by atoms with van der Waals surface area (Å²) >= 11 is 0. The Morgan fingerprint density at radius 2 is 2.00 bits per heavy atom. The molecule has 0 unspecified atom stereocenters. The maximum absolute atomic E-state index is 11.9. The number of sulfonamides is 1. The van der Waals surface area contributed by atoms with Crippen molar-refractivity contribution in [1.82, 2.24) is 10.3 Å². The minimum Gasteiger partial charge on any atom is -0.480 e. The number of hydrogen-bond donors (Lipinski definition) is 3. The molecule has 0 aliphatic rings. The Morgan fingerprint density at radius 3 is 2.38 bits per heavy atom. The first-order valence-electron chi connectivity index (χ1n) is 6.13. The molecule has 0 fully saturated rings. The van der Waals surface area contributed by atoms with Crippen LogP contribution in [0, 0.1) is 5.92 Å². The number of primary sulfonamides is 1. The van der Waals surface area contributed by atoms with Crippen molar-refractivity contribution in [2.75, 3.05) is 0 Å². The van der Waals surface area contributed by atoms with Crippen LogP contribution in [0.4, 0.5) is 0 Å². The van der Waals surface area contributed by atoms with Gasteiger partial charge in [-0.2, -0.15) is 0 Å². The molecule has 21 heavy (non-hydrogen) atoms. The van der Waals surface area contributed by atoms with Crippen LogP contribution >= 0.6 is 0 Å². The van der Waals surface area contributed by atoms with Gasteiger partial charge in [-0.05, 0) is 24.5 Å². The van der Waals surface area contributed by atoms with E-state index in [1.54, 1.807) is 0 Å². The van der Waals surface area contributed by atoms with Gasteiger partial charge in [-0.1, -0.05) is 13.8 Å². The number of carboxylic acids is 1. The van der Waals surface area contributed by atoms with Gasteiger partial charge < -0.3 is 10.4 Å². The van der Waals surface area contributed by atoms with Crippen molar-refractivity contribution in [2.24, 2.45) is 11.1 Å². The van der Waals surface area contributed by atoms with Crippen molar-refractivity contribution in [2.45, 2.75) is 31.2 Å². The number of pyridine rings is 1. The molecule has 1 aromatic rings. The molecule has 116 valence electrons. The molecule has 9 heteroatoms. The number of nitrogens with zero attached hydrogens (tertiary/aromatic N) is 1. The highest BCUT2D eigenvalue weighted by atomic mass is 32.2. The van der Waals surface area contributed by atoms with Crippen molar-refractivity contribution >= 4 is 21.9 Å². The van der Waals surface area contributed by atoms with Gasteiger partial charge in [0.2, 0.25) is 10.0 Å². The summed E-state index contributed by atoms with van der Waals surface area (Å²) in [6.45, 7) is 3.67. The summed E-state index contributed by atoms with van der Waals surface area (Å²) in [5.74, 6) is -1.74. The van der Waals surface area contributed by atoms with Crippen LogP contribution in [0.25, 0.3) is 0 Å². The Labute approximate surface area is 122 Å². The van der Waals surface area contributed by atoms with E-state index in [1.807, 2.05) is 13.8 Å². The number of carbonyl (C=O) groups excluding carboxylic acids is 1. The number of aliphatic carboxylic acids is 1. The molecular weight excluding hydrogens is 298 g/mol. The molecule has 0 saturated carbocycles. The molecule has 1 amide bonds. The SMILES string of the molecule is CC(C)C[C@H](NC(=O)c1ccc(S(N)(=O)=O)cn1)C(=O)O. The lowest BCUT2D eigenvalue weighted by Crippen LogP contribution is -2.41. The fourth-order valence-corrected chi connectivity index (χ4v) is 2.07. The number of aromatic nitrogens is 1. The largest absolute Gasteiger partial charge is 0.480 e. The fraction of sp³-hybridized carbons (Fsp3) is 0.417. The molecule has 8 nitrogen and oxygen atoms in total. The van der Waals surface area contributed by atoms with E-state index < -0.39 is 27.9 Å². The molecule has 0 saturated heterocycles. The van der Waals surface area contributed by atoms with Crippen molar-refractivity contribution in [1.29, 1.82) is 0 Å². The van der Waals surface area contributed by atoms with E-state index in [-0.39, 0.29) is 22.9 Å². The molecule has 0 bridgehead atoms. The molecule has 0 aliphatic heterocycles. The standard InChI is InChI=1S/C12H17N3O5S/c1-7(2)5-10(12(17)18)15-11(16)9-4-3-8(6-14-9)21(13,19)20/h3-4,6-7,10H,5H2,1-2H3,(H,15,16)(H,17,18)(H2,13,19,20)/t10-/m0/s1. The average Bonchev–Trinajstić information content (AvgIpc) is 2.36. The minimum atomic E-state index is -3.89. The number of carboxylic acid groups (broad SMARTS) is 1. The van der Waals surface area contributed by atoms with Crippen molar-refractivity contribution in [3.63, 3.8) is 0 Å². The molecule has 4 N–H and O–H groups in total. The third-order valence-corrected chi connectivity index (χ3v) is 3.51. The van der Waals surface area contributed by atoms with Gasteiger partial charge >= 0.3 is 5.97 Å². The van der Waals surface area contributed by atoms with Gasteiger partial charge in [0.1, 0.15) is 16.6 Å². The maximum Gasteiger partial charge on any atom is 0.326 e. The van der Waals surface area contributed by atoms with Crippen LogP contribution in [0.3, 0.4) is 0 Å². The summed E-state index contributed by atoms with van der Waals surface area (Å²) in [7, 11) is -3.89. The van der Waals surface area contributed by atoms with E-state index in [4.69, 9.17) is 10.2 Å². The monoisotopic (exact) mass is 315 g/mol. The second kappa shape index (κ2) is 6.64. The molecule has 0 aliphatic carbocycles. The number of nitrogens with two attached hydrogens (primary N) is 1. The van der Waals surface area contributed by atoms with Crippen molar-refractivity contribution < 1.29 is 23.1 Å². The highest BCUT2D eigenvalue weighted by molar-refractivity contribution is 7.89. The fourth-order valence-electron chi connectivity index (χ4n) is 1.61. The zero-order valence-corrected chi connectivity index (χ0v) is 12.4. The van der Waals surface area contributed by atoms with Gasteiger partial charge in [-0.25, -0.2) is 23.3 Å². The lowest BCUT2D eigenvalue weighted by atomic mass is 10.0. The zero-order chi connectivity index (χ0) is 16.2. The molecule has 1 atom stereocenters. The van der Waals surface area contributed by atoms with Crippen LogP contribution < -0.4 is 10.5 Å². The topological polar surface area (TPSA) is 139 Å². The van der Waals surface area contributed by atoms with Crippen molar-refractivity contribution in [3.8, 4) is 0 Å². The van der Waals surface area contributed by atoms with Crippen LogP contribution in [0.2, 0.25) is 0 Å². The van der Waals surface area contributed by atoms with E-state index in [2.05, 4.69) is 10.3 Å². The Morgan fingerprint density at radius 1 is 1.38 bits per heavy atom. The molecular formula is C12H17N3O5S. The van der Waals surface area contributed by atoms with Crippen LogP contribution in [-0.4, -0.2) is 36.4 Å². The Bertz CT molecular complexity index is 625. The summed E-state index contributed by atoms with van der Waals surface area (Å²) in [5, 5.41) is 16.3. The molecule has 0 aromatic carbocycles. The number of nitrogens with one attached hydrogen (secondary N) is 1. The van der Waals surface area contributed by atoms with E-state index >= 15 is 0 Å². The molecule has 0 spiro atoms. The van der Waals surface area contributed by atoms with Crippen LogP contribution in [0.15, 0.2) is 23.2 Å². The smallest absolute Gasteiger partial charge is 0.326 e. The summed E-state index contributed by atoms with van der Waals surface area (Å²) in [6.07, 6.45) is 1.22. The van der Waals surface area contributed by atoms with E-state index in [0.29, 0.717) is 0 Å². The molecule has 1 heterocycles. The minimum absolute atomic E-state index is 0.0857. The quantitative estimate of drug-likeness (QED) is 0.673. The van der Waals surface area contributed by atoms with E-state index in [0.717, 1.165) is 12.3 Å². The summed E-state index contributed by atoms with van der Waals surface area (Å²) in [4.78, 5) is 26.4. The lowest BCUT2D eigenvalue weighted by Gasteiger charge is -2.16. The third kappa shape index (κ3) is 5.12. The molecule has 1 aromatic heterocycles. The first-order chi connectivity index (χ1) is 9.61. The summed E-state index contributed by atoms with van der Waals surface area (Å²) in [5.41, 5.74) is -0.0857. The predicted molar refractivity (Wildman–Crippen MR) is 74.0 cm³/mol. The number of rotatable bonds is 6. The molecule has 0 radical (unpaired) electrons. The Kier molecular flexibility index (Phi) is 5.39. The highest BCUT2D eigenvalue weighted by Gasteiger charge is 2.22. The predicted octanol–water partition coefficient (Wildman–Crippen LogP) is -0.0419. The zero-order valence-electron chi connectivity index (χ0n) is 11.6. The van der Waals surface area contributed by atoms with Gasteiger partial charge in [-0.15, -0.1) is 0 Å². The van der Waals surface area contributed by atoms with Crippen LogP contribution in [-0.2, 0) is 14.8 Å². The number of carbonyl (C=O) groups is 2. The Balaban J connectivity index is 2.86. The number of hydrogen-bond acceptors (Lipinski definition) is 5. The van der Waals surface area contributed by atoms with Crippen LogP contribution in [0.5, 0.6) is 0 Å². The Hall–Kier alpha value is -2.00. The maximum atomic E-state index is 11.9. The average molecular weight is 315 g/mol. The first-order valence-corrected chi connectivity index (χ1v) is 7.68. The van der Waals surface area contributed by atoms with Gasteiger partial charge in [0.25, 0.3) is 5.91 Å². The van der Waals surface area contributed by atoms with Gasteiger partial charge in [0.15, 0.2) is 0 Å². The summed E-state index contributed by atoms with van der Waals surface area (Å²) in [6, 6.07) is 1.27. The normalized spacial score (nSPS) is 13.0. The first kappa shape index (κ1) is 17.1. The lowest BCUT2D eigenvalue weighted by molar-refractivity contribution is -0.139. The second-order valence-electron chi connectivity index (χ2n) is 4.92. The van der Waals surface area contributed by atoms with Gasteiger partial charge in [0, 0.05) is 6.20 Å². The van der Waals surface area contributed by atoms with Gasteiger partial charge in [-0.3, -0.25) is 4.79 Å². The summed E-state index contributed by atoms with van der Waals surface area (Å²) < 4.78 is 22.1. The van der Waals surface area contributed by atoms with Crippen molar-refractivity contribution in [3.05, 3.63) is 24.0 Å². The van der Waals surface area contributed by atoms with Gasteiger partial charge in [0.05, 0.1) is 0 Å². The number of amides is 1. The molecule has 1 rings (SSSR count). The second-order valence-corrected chi connectivity index (χ2v) is 6.48. The highest BCUT2D eigenvalue weighted by Crippen LogP contribution is 2.08. The van der Waals surface area contributed by atoms with E-state index in [1.165, 1.54) is 6.07 Å². The van der Waals surface area contributed by atoms with Crippen LogP contribution in [0.1, 0.15) is 30.8 Å². The van der Waals surface area contributed by atoms with E-state index in [9.17, 15) is 18.0 Å². The third-order valence-electron chi connectivity index (χ3n) is 2.61.